The predicted molar refractivity (Wildman–Crippen MR) is 107 cm³/mol. The van der Waals surface area contributed by atoms with E-state index in [-0.39, 0.29) is 6.04 Å². The Bertz CT molecular complexity index is 807. The summed E-state index contributed by atoms with van der Waals surface area (Å²) in [6.07, 6.45) is 5.28. The molecule has 0 radical (unpaired) electrons. The molecule has 0 aliphatic carbocycles. The van der Waals surface area contributed by atoms with Crippen LogP contribution >= 0.6 is 0 Å². The smallest absolute Gasteiger partial charge is 0.320 e. The fraction of sp³-hybridized carbons (Fsp3) is 0.455. The molecule has 3 rings (SSSR count). The second-order valence-corrected chi connectivity index (χ2v) is 7.02. The molecule has 2 atom stereocenters. The maximum Gasteiger partial charge on any atom is 0.320 e. The third kappa shape index (κ3) is 3.97. The van der Waals surface area contributed by atoms with E-state index in [1.165, 1.54) is 0 Å². The van der Waals surface area contributed by atoms with Crippen molar-refractivity contribution in [1.29, 1.82) is 0 Å². The van der Waals surface area contributed by atoms with Crippen molar-refractivity contribution in [2.45, 2.75) is 44.7 Å². The lowest BCUT2D eigenvalue weighted by atomic mass is 9.93. The van der Waals surface area contributed by atoms with Crippen LogP contribution in [0.2, 0.25) is 0 Å². The highest BCUT2D eigenvalue weighted by Gasteiger charge is 2.37. The first-order valence-corrected chi connectivity index (χ1v) is 9.75. The van der Waals surface area contributed by atoms with Gasteiger partial charge in [-0.2, -0.15) is 0 Å². The summed E-state index contributed by atoms with van der Waals surface area (Å²) in [5.41, 5.74) is 2.83. The molecule has 2 aromatic rings. The van der Waals surface area contributed by atoms with Crippen molar-refractivity contribution in [3.05, 3.63) is 53.3 Å². The minimum absolute atomic E-state index is 0.322. The van der Waals surface area contributed by atoms with Crippen LogP contribution in [-0.4, -0.2) is 47.8 Å². The van der Waals surface area contributed by atoms with Crippen molar-refractivity contribution in [3.8, 4) is 11.5 Å². The molecular formula is C22H28N2O4. The molecule has 0 bridgehead atoms. The molecular weight excluding hydrogens is 356 g/mol. The quantitative estimate of drug-likeness (QED) is 0.785. The summed E-state index contributed by atoms with van der Waals surface area (Å²) in [6.45, 7) is 2.78. The summed E-state index contributed by atoms with van der Waals surface area (Å²) in [5, 5.41) is 9.84. The number of aromatic nitrogens is 1. The van der Waals surface area contributed by atoms with E-state index in [4.69, 9.17) is 14.5 Å². The van der Waals surface area contributed by atoms with Gasteiger partial charge in [-0.3, -0.25) is 14.7 Å². The first-order valence-electron chi connectivity index (χ1n) is 9.75. The van der Waals surface area contributed by atoms with Crippen LogP contribution in [0.1, 0.15) is 49.0 Å². The summed E-state index contributed by atoms with van der Waals surface area (Å²) in [5.74, 6) is 0.446. The summed E-state index contributed by atoms with van der Waals surface area (Å²) >= 11 is 0. The van der Waals surface area contributed by atoms with E-state index < -0.39 is 12.0 Å². The van der Waals surface area contributed by atoms with E-state index in [0.717, 1.165) is 36.1 Å². The molecule has 150 valence electrons. The van der Waals surface area contributed by atoms with Crippen LogP contribution < -0.4 is 9.47 Å². The number of aryl methyl sites for hydroxylation is 1. The fourth-order valence-electron chi connectivity index (χ4n) is 3.97. The Morgan fingerprint density at radius 3 is 2.68 bits per heavy atom. The van der Waals surface area contributed by atoms with Gasteiger partial charge in [-0.1, -0.05) is 31.5 Å². The van der Waals surface area contributed by atoms with Crippen LogP contribution in [0, 0.1) is 0 Å². The fourth-order valence-corrected chi connectivity index (χ4v) is 3.97. The van der Waals surface area contributed by atoms with Crippen molar-refractivity contribution in [2.75, 3.05) is 20.8 Å². The molecule has 0 saturated carbocycles. The molecule has 6 nitrogen and oxygen atoms in total. The Hall–Kier alpha value is -2.60. The molecule has 2 heterocycles. The number of pyridine rings is 1. The van der Waals surface area contributed by atoms with Crippen molar-refractivity contribution in [3.63, 3.8) is 0 Å². The second kappa shape index (κ2) is 9.06. The van der Waals surface area contributed by atoms with Gasteiger partial charge in [-0.15, -0.1) is 0 Å². The Morgan fingerprint density at radius 1 is 1.25 bits per heavy atom. The van der Waals surface area contributed by atoms with Crippen LogP contribution in [0.3, 0.4) is 0 Å². The van der Waals surface area contributed by atoms with Crippen LogP contribution in [-0.2, 0) is 11.2 Å². The number of aliphatic carboxylic acids is 1. The van der Waals surface area contributed by atoms with E-state index in [1.54, 1.807) is 14.2 Å². The molecule has 1 aromatic heterocycles. The van der Waals surface area contributed by atoms with E-state index >= 15 is 0 Å². The molecule has 1 N–H and O–H groups in total. The summed E-state index contributed by atoms with van der Waals surface area (Å²) in [6, 6.07) is 8.90. The number of methoxy groups -OCH3 is 2. The lowest BCUT2D eigenvalue weighted by Crippen LogP contribution is -2.47. The van der Waals surface area contributed by atoms with E-state index in [2.05, 4.69) is 13.0 Å². The molecule has 1 fully saturated rings. The number of carboxylic acids is 1. The van der Waals surface area contributed by atoms with Gasteiger partial charge in [0.05, 0.1) is 26.0 Å². The number of rotatable bonds is 7. The zero-order valence-corrected chi connectivity index (χ0v) is 16.7. The second-order valence-electron chi connectivity index (χ2n) is 7.02. The van der Waals surface area contributed by atoms with Gasteiger partial charge in [0.1, 0.15) is 6.04 Å². The highest BCUT2D eigenvalue weighted by molar-refractivity contribution is 5.73. The molecule has 1 aromatic carbocycles. The van der Waals surface area contributed by atoms with Gasteiger partial charge in [0.15, 0.2) is 11.5 Å². The average Bonchev–Trinajstić information content (AvgIpc) is 2.74. The third-order valence-corrected chi connectivity index (χ3v) is 5.42. The normalized spacial score (nSPS) is 18.5. The summed E-state index contributed by atoms with van der Waals surface area (Å²) in [4.78, 5) is 18.7. The summed E-state index contributed by atoms with van der Waals surface area (Å²) in [7, 11) is 3.21. The number of hydrogen-bond acceptors (Lipinski definition) is 5. The van der Waals surface area contributed by atoms with E-state index in [1.807, 2.05) is 35.4 Å². The van der Waals surface area contributed by atoms with Gasteiger partial charge < -0.3 is 14.6 Å². The largest absolute Gasteiger partial charge is 0.493 e. The number of para-hydroxylation sites is 1. The SMILES string of the molecule is CCc1ccc(C(c2cccc(OC)c2OC)N2CCCCC2C(=O)O)nc1. The zero-order chi connectivity index (χ0) is 20.1. The van der Waals surface area contributed by atoms with Crippen LogP contribution in [0.15, 0.2) is 36.5 Å². The molecule has 28 heavy (non-hydrogen) atoms. The number of ether oxygens (including phenoxy) is 2. The van der Waals surface area contributed by atoms with Crippen LogP contribution in [0.4, 0.5) is 0 Å². The highest BCUT2D eigenvalue weighted by atomic mass is 16.5. The first-order chi connectivity index (χ1) is 13.6. The minimum atomic E-state index is -0.795. The Morgan fingerprint density at radius 2 is 2.07 bits per heavy atom. The van der Waals surface area contributed by atoms with Crippen LogP contribution in [0.25, 0.3) is 0 Å². The van der Waals surface area contributed by atoms with Gasteiger partial charge in [-0.05, 0) is 43.5 Å². The van der Waals surface area contributed by atoms with E-state index in [0.29, 0.717) is 24.5 Å². The number of carbonyl (C=O) groups is 1. The Labute approximate surface area is 166 Å². The average molecular weight is 384 g/mol. The molecule has 1 aliphatic rings. The number of hydrogen-bond donors (Lipinski definition) is 1. The lowest BCUT2D eigenvalue weighted by molar-refractivity contribution is -0.145. The van der Waals surface area contributed by atoms with Gasteiger partial charge in [0, 0.05) is 11.8 Å². The van der Waals surface area contributed by atoms with E-state index in [9.17, 15) is 9.90 Å². The molecule has 2 unspecified atom stereocenters. The van der Waals surface area contributed by atoms with Crippen molar-refractivity contribution in [1.82, 2.24) is 9.88 Å². The van der Waals surface area contributed by atoms with Gasteiger partial charge in [-0.25, -0.2) is 0 Å². The minimum Gasteiger partial charge on any atom is -0.493 e. The van der Waals surface area contributed by atoms with Crippen LogP contribution in [0.5, 0.6) is 11.5 Å². The Kier molecular flexibility index (Phi) is 6.52. The van der Waals surface area contributed by atoms with Gasteiger partial charge >= 0.3 is 5.97 Å². The number of likely N-dealkylation sites (tertiary alicyclic amines) is 1. The maximum atomic E-state index is 12.0. The third-order valence-electron chi connectivity index (χ3n) is 5.42. The number of benzene rings is 1. The standard InChI is InChI=1S/C22H28N2O4/c1-4-15-11-12-17(23-14-15)20(24-13-6-5-9-18(24)22(25)26)16-8-7-10-19(27-2)21(16)28-3/h7-8,10-12,14,18,20H,4-6,9,13H2,1-3H3,(H,25,26). The first kappa shape index (κ1) is 20.1. The van der Waals surface area contributed by atoms with Gasteiger partial charge in [0.2, 0.25) is 0 Å². The highest BCUT2D eigenvalue weighted by Crippen LogP contribution is 2.41. The molecule has 6 heteroatoms. The predicted octanol–water partition coefficient (Wildman–Crippen LogP) is 3.69. The molecule has 0 spiro atoms. The monoisotopic (exact) mass is 384 g/mol. The maximum absolute atomic E-state index is 12.0. The lowest BCUT2D eigenvalue weighted by Gasteiger charge is -2.39. The zero-order valence-electron chi connectivity index (χ0n) is 16.7. The summed E-state index contributed by atoms with van der Waals surface area (Å²) < 4.78 is 11.2. The number of carboxylic acid groups (broad SMARTS) is 1. The van der Waals surface area contributed by atoms with Crippen molar-refractivity contribution in [2.24, 2.45) is 0 Å². The Balaban J connectivity index is 2.15. The van der Waals surface area contributed by atoms with Gasteiger partial charge in [0.25, 0.3) is 0 Å². The van der Waals surface area contributed by atoms with Crippen molar-refractivity contribution >= 4 is 5.97 Å². The topological polar surface area (TPSA) is 71.9 Å². The number of piperidine rings is 1. The van der Waals surface area contributed by atoms with Crippen molar-refractivity contribution < 1.29 is 19.4 Å². The molecule has 1 aliphatic heterocycles. The number of nitrogens with zero attached hydrogens (tertiary/aromatic N) is 2. The molecule has 0 amide bonds. The molecule has 1 saturated heterocycles.